The Morgan fingerprint density at radius 2 is 1.88 bits per heavy atom. The molecule has 0 atom stereocenters. The Kier molecular flexibility index (Phi) is 5.10. The molecular formula is C16H14N2O6. The van der Waals surface area contributed by atoms with Gasteiger partial charge in [0, 0.05) is 17.8 Å². The molecule has 24 heavy (non-hydrogen) atoms. The van der Waals surface area contributed by atoms with Gasteiger partial charge in [0.25, 0.3) is 11.6 Å². The summed E-state index contributed by atoms with van der Waals surface area (Å²) in [5, 5.41) is 22.1. The molecule has 0 fully saturated rings. The number of carbonyl (C=O) groups excluding carboxylic acids is 1. The van der Waals surface area contributed by atoms with Gasteiger partial charge in [-0.1, -0.05) is 6.07 Å². The van der Waals surface area contributed by atoms with Crippen LogP contribution in [-0.2, 0) is 4.79 Å². The van der Waals surface area contributed by atoms with Gasteiger partial charge in [-0.15, -0.1) is 0 Å². The molecule has 2 aromatic rings. The minimum absolute atomic E-state index is 0.0622. The van der Waals surface area contributed by atoms with Crippen LogP contribution in [0.5, 0.6) is 5.75 Å². The normalized spacial score (nSPS) is 10.0. The number of carbonyl (C=O) groups is 2. The van der Waals surface area contributed by atoms with E-state index in [1.54, 1.807) is 13.0 Å². The number of nitro benzene ring substituents is 1. The zero-order valence-corrected chi connectivity index (χ0v) is 12.7. The quantitative estimate of drug-likeness (QED) is 0.621. The highest BCUT2D eigenvalue weighted by atomic mass is 16.6. The molecule has 0 bridgehead atoms. The van der Waals surface area contributed by atoms with Gasteiger partial charge in [0.2, 0.25) is 0 Å². The summed E-state index contributed by atoms with van der Waals surface area (Å²) >= 11 is 0. The first-order valence-corrected chi connectivity index (χ1v) is 6.88. The maximum atomic E-state index is 11.9. The van der Waals surface area contributed by atoms with Crippen LogP contribution in [0.4, 0.5) is 11.4 Å². The molecule has 0 spiro atoms. The highest BCUT2D eigenvalue weighted by Crippen LogP contribution is 2.19. The van der Waals surface area contributed by atoms with Crippen molar-refractivity contribution in [1.82, 2.24) is 0 Å². The number of aromatic carboxylic acids is 1. The van der Waals surface area contributed by atoms with Crippen LogP contribution in [0, 0.1) is 17.0 Å². The number of carboxylic acid groups (broad SMARTS) is 1. The second kappa shape index (κ2) is 7.23. The van der Waals surface area contributed by atoms with Gasteiger partial charge in [0.1, 0.15) is 5.75 Å². The van der Waals surface area contributed by atoms with Gasteiger partial charge in [0.05, 0.1) is 10.5 Å². The number of rotatable bonds is 6. The number of amides is 1. The van der Waals surface area contributed by atoms with Gasteiger partial charge < -0.3 is 15.2 Å². The standard InChI is InChI=1S/C16H14N2O6/c1-10-2-3-11(16(20)21)8-14(10)17-15(19)9-24-13-6-4-12(5-7-13)18(22)23/h2-8H,9H2,1H3,(H,17,19)(H,20,21). The first kappa shape index (κ1) is 16.9. The lowest BCUT2D eigenvalue weighted by atomic mass is 10.1. The molecule has 0 saturated carbocycles. The molecule has 0 saturated heterocycles. The summed E-state index contributed by atoms with van der Waals surface area (Å²) < 4.78 is 5.24. The zero-order chi connectivity index (χ0) is 17.7. The fraction of sp³-hybridized carbons (Fsp3) is 0.125. The minimum Gasteiger partial charge on any atom is -0.484 e. The molecule has 0 radical (unpaired) electrons. The predicted molar refractivity (Wildman–Crippen MR) is 85.4 cm³/mol. The number of nitrogens with one attached hydrogen (secondary N) is 1. The lowest BCUT2D eigenvalue weighted by Crippen LogP contribution is -2.21. The van der Waals surface area contributed by atoms with Crippen molar-refractivity contribution in [2.45, 2.75) is 6.92 Å². The van der Waals surface area contributed by atoms with Crippen molar-refractivity contribution in [2.24, 2.45) is 0 Å². The molecule has 2 rings (SSSR count). The first-order valence-electron chi connectivity index (χ1n) is 6.88. The van der Waals surface area contributed by atoms with E-state index in [9.17, 15) is 19.7 Å². The van der Waals surface area contributed by atoms with Gasteiger partial charge in [0.15, 0.2) is 6.61 Å². The molecular weight excluding hydrogens is 316 g/mol. The van der Waals surface area contributed by atoms with E-state index in [4.69, 9.17) is 9.84 Å². The number of non-ortho nitro benzene ring substituents is 1. The number of benzene rings is 2. The molecule has 0 aliphatic rings. The molecule has 2 aromatic carbocycles. The predicted octanol–water partition coefficient (Wildman–Crippen LogP) is 2.62. The summed E-state index contributed by atoms with van der Waals surface area (Å²) in [7, 11) is 0. The Labute approximate surface area is 136 Å². The summed E-state index contributed by atoms with van der Waals surface area (Å²) in [6.07, 6.45) is 0. The Hall–Kier alpha value is -3.42. The number of anilines is 1. The monoisotopic (exact) mass is 330 g/mol. The summed E-state index contributed by atoms with van der Waals surface area (Å²) in [6, 6.07) is 9.73. The second-order valence-corrected chi connectivity index (χ2v) is 4.92. The molecule has 124 valence electrons. The fourth-order valence-corrected chi connectivity index (χ4v) is 1.89. The summed E-state index contributed by atoms with van der Waals surface area (Å²) in [5.74, 6) is -1.25. The van der Waals surface area contributed by atoms with Crippen LogP contribution >= 0.6 is 0 Å². The maximum absolute atomic E-state index is 11.9. The van der Waals surface area contributed by atoms with E-state index >= 15 is 0 Å². The number of carboxylic acids is 1. The molecule has 0 heterocycles. The average Bonchev–Trinajstić information content (AvgIpc) is 2.55. The molecule has 0 unspecified atom stereocenters. The molecule has 0 aliphatic carbocycles. The number of hydrogen-bond donors (Lipinski definition) is 2. The molecule has 0 aliphatic heterocycles. The summed E-state index contributed by atoms with van der Waals surface area (Å²) in [6.45, 7) is 1.42. The molecule has 1 amide bonds. The van der Waals surface area contributed by atoms with Crippen molar-refractivity contribution in [3.8, 4) is 5.75 Å². The Bertz CT molecular complexity index is 786. The Balaban J connectivity index is 1.97. The zero-order valence-electron chi connectivity index (χ0n) is 12.7. The number of ether oxygens (including phenoxy) is 1. The topological polar surface area (TPSA) is 119 Å². The van der Waals surface area contributed by atoms with Crippen LogP contribution in [0.1, 0.15) is 15.9 Å². The molecule has 8 nitrogen and oxygen atoms in total. The van der Waals surface area contributed by atoms with Crippen molar-refractivity contribution in [1.29, 1.82) is 0 Å². The van der Waals surface area contributed by atoms with Gasteiger partial charge in [-0.3, -0.25) is 14.9 Å². The third-order valence-corrected chi connectivity index (χ3v) is 3.18. The van der Waals surface area contributed by atoms with Crippen LogP contribution in [0.3, 0.4) is 0 Å². The third kappa shape index (κ3) is 4.29. The van der Waals surface area contributed by atoms with Crippen LogP contribution in [0.25, 0.3) is 0 Å². The Morgan fingerprint density at radius 3 is 2.46 bits per heavy atom. The first-order chi connectivity index (χ1) is 11.4. The van der Waals surface area contributed by atoms with Gasteiger partial charge >= 0.3 is 5.97 Å². The maximum Gasteiger partial charge on any atom is 0.335 e. The van der Waals surface area contributed by atoms with Crippen molar-refractivity contribution in [2.75, 3.05) is 11.9 Å². The third-order valence-electron chi connectivity index (χ3n) is 3.18. The SMILES string of the molecule is Cc1ccc(C(=O)O)cc1NC(=O)COc1ccc([N+](=O)[O-])cc1. The number of aryl methyl sites for hydroxylation is 1. The van der Waals surface area contributed by atoms with Gasteiger partial charge in [-0.25, -0.2) is 4.79 Å². The molecule has 2 N–H and O–H groups in total. The van der Waals surface area contributed by atoms with E-state index in [-0.39, 0.29) is 17.9 Å². The van der Waals surface area contributed by atoms with Crippen molar-refractivity contribution in [3.05, 3.63) is 63.7 Å². The van der Waals surface area contributed by atoms with Gasteiger partial charge in [-0.05, 0) is 36.8 Å². The largest absolute Gasteiger partial charge is 0.484 e. The molecule has 8 heteroatoms. The van der Waals surface area contributed by atoms with E-state index in [0.717, 1.165) is 0 Å². The van der Waals surface area contributed by atoms with Crippen molar-refractivity contribution >= 4 is 23.3 Å². The number of nitro groups is 1. The highest BCUT2D eigenvalue weighted by Gasteiger charge is 2.10. The van der Waals surface area contributed by atoms with Crippen LogP contribution < -0.4 is 10.1 Å². The molecule has 0 aromatic heterocycles. The summed E-state index contributed by atoms with van der Waals surface area (Å²) in [4.78, 5) is 32.9. The van der Waals surface area contributed by atoms with E-state index in [0.29, 0.717) is 17.0 Å². The van der Waals surface area contributed by atoms with Crippen molar-refractivity contribution in [3.63, 3.8) is 0 Å². The smallest absolute Gasteiger partial charge is 0.335 e. The van der Waals surface area contributed by atoms with Crippen molar-refractivity contribution < 1.29 is 24.4 Å². The van der Waals surface area contributed by atoms with Crippen LogP contribution in [0.15, 0.2) is 42.5 Å². The summed E-state index contributed by atoms with van der Waals surface area (Å²) in [5.41, 5.74) is 1.08. The second-order valence-electron chi connectivity index (χ2n) is 4.92. The highest BCUT2D eigenvalue weighted by molar-refractivity contribution is 5.95. The van der Waals surface area contributed by atoms with E-state index in [1.165, 1.54) is 36.4 Å². The van der Waals surface area contributed by atoms with E-state index in [2.05, 4.69) is 5.32 Å². The van der Waals surface area contributed by atoms with E-state index < -0.39 is 16.8 Å². The average molecular weight is 330 g/mol. The Morgan fingerprint density at radius 1 is 1.21 bits per heavy atom. The number of nitrogens with zero attached hydrogens (tertiary/aromatic N) is 1. The van der Waals surface area contributed by atoms with E-state index in [1.807, 2.05) is 0 Å². The van der Waals surface area contributed by atoms with Crippen LogP contribution in [-0.4, -0.2) is 28.5 Å². The lowest BCUT2D eigenvalue weighted by molar-refractivity contribution is -0.384. The minimum atomic E-state index is -1.09. The number of hydrogen-bond acceptors (Lipinski definition) is 5. The van der Waals surface area contributed by atoms with Crippen LogP contribution in [0.2, 0.25) is 0 Å². The lowest BCUT2D eigenvalue weighted by Gasteiger charge is -2.10. The van der Waals surface area contributed by atoms with Gasteiger partial charge in [-0.2, -0.15) is 0 Å². The fourth-order valence-electron chi connectivity index (χ4n) is 1.89.